The number of ether oxygens (including phenoxy) is 1. The van der Waals surface area contributed by atoms with E-state index in [0.717, 1.165) is 5.56 Å². The maximum atomic E-state index is 12.7. The van der Waals surface area contributed by atoms with E-state index in [0.29, 0.717) is 50.6 Å². The van der Waals surface area contributed by atoms with Gasteiger partial charge in [-0.25, -0.2) is 0 Å². The molecule has 3 rings (SSSR count). The average Bonchev–Trinajstić information content (AvgIpc) is 2.80. The molecule has 1 fully saturated rings. The predicted octanol–water partition coefficient (Wildman–Crippen LogP) is 1.30. The van der Waals surface area contributed by atoms with Gasteiger partial charge in [0.1, 0.15) is 5.75 Å². The summed E-state index contributed by atoms with van der Waals surface area (Å²) >= 11 is 0. The number of anilines is 1. The Morgan fingerprint density at radius 2 is 1.78 bits per heavy atom. The van der Waals surface area contributed by atoms with Crippen LogP contribution in [0.25, 0.3) is 0 Å². The molecule has 0 aliphatic carbocycles. The molecule has 7 nitrogen and oxygen atoms in total. The number of amides is 3. The Bertz CT molecular complexity index is 739. The Morgan fingerprint density at radius 1 is 1.11 bits per heavy atom. The zero-order valence-corrected chi connectivity index (χ0v) is 16.2. The first-order chi connectivity index (χ1) is 12.9. The van der Waals surface area contributed by atoms with Crippen molar-refractivity contribution < 1.29 is 19.1 Å². The molecule has 0 radical (unpaired) electrons. The monoisotopic (exact) mass is 373 g/mol. The lowest BCUT2D eigenvalue weighted by Gasteiger charge is -2.35. The second-order valence-electron chi connectivity index (χ2n) is 7.39. The molecule has 2 aliphatic rings. The van der Waals surface area contributed by atoms with Crippen LogP contribution < -0.4 is 9.64 Å². The predicted molar refractivity (Wildman–Crippen MR) is 102 cm³/mol. The van der Waals surface area contributed by atoms with Crippen molar-refractivity contribution >= 4 is 23.4 Å². The van der Waals surface area contributed by atoms with Crippen molar-refractivity contribution in [2.45, 2.75) is 26.7 Å². The first-order valence-electron chi connectivity index (χ1n) is 9.45. The summed E-state index contributed by atoms with van der Waals surface area (Å²) in [6.45, 7) is 6.44. The lowest BCUT2D eigenvalue weighted by molar-refractivity contribution is -0.141. The zero-order chi connectivity index (χ0) is 19.6. The second kappa shape index (κ2) is 7.98. The molecule has 0 spiro atoms. The summed E-state index contributed by atoms with van der Waals surface area (Å²) in [5.74, 6) is 0.827. The number of hydrogen-bond acceptors (Lipinski definition) is 4. The van der Waals surface area contributed by atoms with Crippen LogP contribution >= 0.6 is 0 Å². The molecule has 2 heterocycles. The van der Waals surface area contributed by atoms with Crippen LogP contribution in [0.1, 0.15) is 25.8 Å². The number of carbonyl (C=O) groups excluding carboxylic acids is 3. The topological polar surface area (TPSA) is 70.2 Å². The minimum Gasteiger partial charge on any atom is -0.491 e. The highest BCUT2D eigenvalue weighted by Gasteiger charge is 2.26. The third-order valence-corrected chi connectivity index (χ3v) is 5.13. The molecule has 1 saturated heterocycles. The lowest BCUT2D eigenvalue weighted by Crippen LogP contribution is -2.51. The fourth-order valence-corrected chi connectivity index (χ4v) is 3.44. The highest BCUT2D eigenvalue weighted by Crippen LogP contribution is 2.31. The molecule has 0 unspecified atom stereocenters. The molecule has 7 heteroatoms. The standard InChI is InChI=1S/C20H27N3O4/c1-14(2)20(26)23-9-7-22(8-10-23)19(25)13-15-4-5-17-16(12-15)21(3)18(24)6-11-27-17/h4-5,12,14H,6-11,13H2,1-3H3. The van der Waals surface area contributed by atoms with E-state index in [-0.39, 0.29) is 30.1 Å². The van der Waals surface area contributed by atoms with Crippen LogP contribution in [0.2, 0.25) is 0 Å². The van der Waals surface area contributed by atoms with Gasteiger partial charge in [0.15, 0.2) is 0 Å². The number of carbonyl (C=O) groups is 3. The number of hydrogen-bond donors (Lipinski definition) is 0. The molecule has 146 valence electrons. The Morgan fingerprint density at radius 3 is 2.44 bits per heavy atom. The molecule has 0 saturated carbocycles. The highest BCUT2D eigenvalue weighted by molar-refractivity contribution is 5.95. The maximum Gasteiger partial charge on any atom is 0.230 e. The number of benzene rings is 1. The van der Waals surface area contributed by atoms with Crippen molar-refractivity contribution in [2.24, 2.45) is 5.92 Å². The Kier molecular flexibility index (Phi) is 5.68. The van der Waals surface area contributed by atoms with Crippen LogP contribution in [-0.4, -0.2) is 67.4 Å². The van der Waals surface area contributed by atoms with Crippen LogP contribution in [0, 0.1) is 5.92 Å². The van der Waals surface area contributed by atoms with Crippen LogP contribution in [0.5, 0.6) is 5.75 Å². The molecule has 0 N–H and O–H groups in total. The minimum atomic E-state index is -0.0197. The van der Waals surface area contributed by atoms with Gasteiger partial charge in [-0.05, 0) is 17.7 Å². The summed E-state index contributed by atoms with van der Waals surface area (Å²) in [6, 6.07) is 5.56. The fourth-order valence-electron chi connectivity index (χ4n) is 3.44. The van der Waals surface area contributed by atoms with Crippen LogP contribution in [-0.2, 0) is 20.8 Å². The second-order valence-corrected chi connectivity index (χ2v) is 7.39. The molecule has 0 atom stereocenters. The molecule has 1 aromatic carbocycles. The van der Waals surface area contributed by atoms with Gasteiger partial charge in [-0.2, -0.15) is 0 Å². The maximum absolute atomic E-state index is 12.7. The third-order valence-electron chi connectivity index (χ3n) is 5.13. The molecule has 0 aromatic heterocycles. The summed E-state index contributed by atoms with van der Waals surface area (Å²) in [7, 11) is 1.73. The summed E-state index contributed by atoms with van der Waals surface area (Å²) < 4.78 is 5.62. The first kappa shape index (κ1) is 19.2. The number of piperazine rings is 1. The molecule has 27 heavy (non-hydrogen) atoms. The summed E-state index contributed by atoms with van der Waals surface area (Å²) in [6.07, 6.45) is 0.617. The van der Waals surface area contributed by atoms with Gasteiger partial charge in [0.25, 0.3) is 0 Å². The third kappa shape index (κ3) is 4.23. The van der Waals surface area contributed by atoms with Gasteiger partial charge in [-0.1, -0.05) is 19.9 Å². The van der Waals surface area contributed by atoms with E-state index in [1.165, 1.54) is 0 Å². The number of rotatable bonds is 3. The van der Waals surface area contributed by atoms with Gasteiger partial charge >= 0.3 is 0 Å². The molecule has 3 amide bonds. The van der Waals surface area contributed by atoms with Gasteiger partial charge in [0.2, 0.25) is 17.7 Å². The largest absolute Gasteiger partial charge is 0.491 e. The molecule has 1 aromatic rings. The van der Waals surface area contributed by atoms with Gasteiger partial charge in [-0.3, -0.25) is 14.4 Å². The van der Waals surface area contributed by atoms with E-state index in [2.05, 4.69) is 0 Å². The normalized spacial score (nSPS) is 17.5. The van der Waals surface area contributed by atoms with Gasteiger partial charge in [0.05, 0.1) is 25.1 Å². The van der Waals surface area contributed by atoms with E-state index in [4.69, 9.17) is 4.74 Å². The minimum absolute atomic E-state index is 0.00293. The van der Waals surface area contributed by atoms with Crippen molar-refractivity contribution in [2.75, 3.05) is 44.7 Å². The quantitative estimate of drug-likeness (QED) is 0.801. The average molecular weight is 373 g/mol. The lowest BCUT2D eigenvalue weighted by atomic mass is 10.1. The number of fused-ring (bicyclic) bond motifs is 1. The van der Waals surface area contributed by atoms with Crippen LogP contribution in [0.3, 0.4) is 0 Å². The van der Waals surface area contributed by atoms with Crippen molar-refractivity contribution in [1.82, 2.24) is 9.80 Å². The molecular weight excluding hydrogens is 346 g/mol. The SMILES string of the molecule is CC(C)C(=O)N1CCN(C(=O)Cc2ccc3c(c2)N(C)C(=O)CCO3)CC1. The van der Waals surface area contributed by atoms with E-state index in [9.17, 15) is 14.4 Å². The summed E-state index contributed by atoms with van der Waals surface area (Å²) in [4.78, 5) is 42.0. The van der Waals surface area contributed by atoms with Crippen LogP contribution in [0.15, 0.2) is 18.2 Å². The van der Waals surface area contributed by atoms with Gasteiger partial charge < -0.3 is 19.4 Å². The Hall–Kier alpha value is -2.57. The van der Waals surface area contributed by atoms with E-state index in [1.54, 1.807) is 16.8 Å². The van der Waals surface area contributed by atoms with E-state index in [1.807, 2.05) is 36.9 Å². The Balaban J connectivity index is 1.63. The fraction of sp³-hybridized carbons (Fsp3) is 0.550. The van der Waals surface area contributed by atoms with Crippen molar-refractivity contribution in [1.29, 1.82) is 0 Å². The smallest absolute Gasteiger partial charge is 0.230 e. The Labute approximate surface area is 159 Å². The molecule has 2 aliphatic heterocycles. The highest BCUT2D eigenvalue weighted by atomic mass is 16.5. The van der Waals surface area contributed by atoms with Crippen molar-refractivity contribution in [3.8, 4) is 5.75 Å². The number of nitrogens with zero attached hydrogens (tertiary/aromatic N) is 3. The first-order valence-corrected chi connectivity index (χ1v) is 9.45. The summed E-state index contributed by atoms with van der Waals surface area (Å²) in [5, 5.41) is 0. The molecule has 0 bridgehead atoms. The van der Waals surface area contributed by atoms with Crippen molar-refractivity contribution in [3.05, 3.63) is 23.8 Å². The van der Waals surface area contributed by atoms with E-state index >= 15 is 0 Å². The van der Waals surface area contributed by atoms with Gasteiger partial charge in [-0.15, -0.1) is 0 Å². The van der Waals surface area contributed by atoms with E-state index < -0.39 is 0 Å². The van der Waals surface area contributed by atoms with Gasteiger partial charge in [0, 0.05) is 39.1 Å². The molecular formula is C20H27N3O4. The zero-order valence-electron chi connectivity index (χ0n) is 16.2. The van der Waals surface area contributed by atoms with Crippen molar-refractivity contribution in [3.63, 3.8) is 0 Å². The summed E-state index contributed by atoms with van der Waals surface area (Å²) in [5.41, 5.74) is 1.56. The van der Waals surface area contributed by atoms with Crippen LogP contribution in [0.4, 0.5) is 5.69 Å².